The standard InChI is InChI=1S/C14H25N3O/c1-5-13(9-15-6-2)17-8-7-16(10-12(3)4)11-14(17)18/h5,9,12H,6-8,10-11H2,1-4H3/b13-5+,15-9?. The smallest absolute Gasteiger partial charge is 0.241 e. The van der Waals surface area contributed by atoms with E-state index >= 15 is 0 Å². The minimum Gasteiger partial charge on any atom is -0.309 e. The van der Waals surface area contributed by atoms with Gasteiger partial charge in [-0.05, 0) is 19.8 Å². The molecule has 18 heavy (non-hydrogen) atoms. The molecule has 0 atom stereocenters. The van der Waals surface area contributed by atoms with E-state index in [-0.39, 0.29) is 5.91 Å². The van der Waals surface area contributed by atoms with Gasteiger partial charge in [0.05, 0.1) is 12.2 Å². The molecule has 1 amide bonds. The quantitative estimate of drug-likeness (QED) is 0.698. The van der Waals surface area contributed by atoms with Gasteiger partial charge in [-0.15, -0.1) is 0 Å². The Balaban J connectivity index is 2.61. The highest BCUT2D eigenvalue weighted by Gasteiger charge is 2.25. The summed E-state index contributed by atoms with van der Waals surface area (Å²) in [5, 5.41) is 0. The Bertz CT molecular complexity index is 334. The van der Waals surface area contributed by atoms with Crippen LogP contribution in [-0.4, -0.2) is 54.6 Å². The van der Waals surface area contributed by atoms with Crippen molar-refractivity contribution < 1.29 is 4.79 Å². The Morgan fingerprint density at radius 2 is 2.17 bits per heavy atom. The number of amides is 1. The van der Waals surface area contributed by atoms with Gasteiger partial charge in [-0.25, -0.2) is 0 Å². The fourth-order valence-corrected chi connectivity index (χ4v) is 2.15. The van der Waals surface area contributed by atoms with Gasteiger partial charge in [0.15, 0.2) is 0 Å². The average molecular weight is 251 g/mol. The zero-order valence-electron chi connectivity index (χ0n) is 12.0. The zero-order chi connectivity index (χ0) is 13.5. The summed E-state index contributed by atoms with van der Waals surface area (Å²) in [5.41, 5.74) is 0.922. The molecule has 0 aromatic heterocycles. The van der Waals surface area contributed by atoms with Crippen LogP contribution < -0.4 is 0 Å². The molecule has 1 aliphatic rings. The van der Waals surface area contributed by atoms with Gasteiger partial charge in [0.25, 0.3) is 0 Å². The monoisotopic (exact) mass is 251 g/mol. The number of hydrogen-bond acceptors (Lipinski definition) is 3. The lowest BCUT2D eigenvalue weighted by atomic mass is 10.2. The van der Waals surface area contributed by atoms with Gasteiger partial charge >= 0.3 is 0 Å². The molecule has 0 spiro atoms. The van der Waals surface area contributed by atoms with E-state index in [1.807, 2.05) is 24.8 Å². The van der Waals surface area contributed by atoms with Crippen LogP contribution in [0.3, 0.4) is 0 Å². The maximum atomic E-state index is 12.1. The van der Waals surface area contributed by atoms with Gasteiger partial charge in [0.2, 0.25) is 5.91 Å². The van der Waals surface area contributed by atoms with Crippen LogP contribution in [0.15, 0.2) is 16.8 Å². The Hall–Kier alpha value is -1.16. The molecule has 0 aromatic carbocycles. The highest BCUT2D eigenvalue weighted by atomic mass is 16.2. The largest absolute Gasteiger partial charge is 0.309 e. The van der Waals surface area contributed by atoms with E-state index in [0.29, 0.717) is 12.5 Å². The lowest BCUT2D eigenvalue weighted by Crippen LogP contribution is -2.50. The van der Waals surface area contributed by atoms with Crippen LogP contribution in [0.1, 0.15) is 27.7 Å². The summed E-state index contributed by atoms with van der Waals surface area (Å²) in [4.78, 5) is 20.4. The predicted molar refractivity (Wildman–Crippen MR) is 75.8 cm³/mol. The van der Waals surface area contributed by atoms with E-state index in [9.17, 15) is 4.79 Å². The number of aliphatic imine (C=N–C) groups is 1. The van der Waals surface area contributed by atoms with Gasteiger partial charge in [-0.3, -0.25) is 14.7 Å². The summed E-state index contributed by atoms with van der Waals surface area (Å²) in [6, 6.07) is 0. The molecule has 0 N–H and O–H groups in total. The van der Waals surface area contributed by atoms with Crippen molar-refractivity contribution in [2.45, 2.75) is 27.7 Å². The van der Waals surface area contributed by atoms with E-state index in [1.165, 1.54) is 0 Å². The van der Waals surface area contributed by atoms with Crippen molar-refractivity contribution in [1.29, 1.82) is 0 Å². The Morgan fingerprint density at radius 3 is 2.67 bits per heavy atom. The molecule has 1 aliphatic heterocycles. The van der Waals surface area contributed by atoms with Crippen LogP contribution in [-0.2, 0) is 4.79 Å². The molecular weight excluding hydrogens is 226 g/mol. The highest BCUT2D eigenvalue weighted by Crippen LogP contribution is 2.11. The molecule has 4 nitrogen and oxygen atoms in total. The molecule has 0 unspecified atom stereocenters. The summed E-state index contributed by atoms with van der Waals surface area (Å²) in [7, 11) is 0. The first-order chi connectivity index (χ1) is 8.58. The first-order valence-corrected chi connectivity index (χ1v) is 6.77. The van der Waals surface area contributed by atoms with E-state index in [1.54, 1.807) is 6.21 Å². The summed E-state index contributed by atoms with van der Waals surface area (Å²) < 4.78 is 0. The second-order valence-electron chi connectivity index (χ2n) is 5.02. The Morgan fingerprint density at radius 1 is 1.44 bits per heavy atom. The maximum Gasteiger partial charge on any atom is 0.241 e. The third kappa shape index (κ3) is 4.26. The minimum atomic E-state index is 0.178. The topological polar surface area (TPSA) is 35.9 Å². The molecule has 1 heterocycles. The van der Waals surface area contributed by atoms with Gasteiger partial charge in [0, 0.05) is 32.4 Å². The highest BCUT2D eigenvalue weighted by molar-refractivity contribution is 5.89. The molecule has 1 saturated heterocycles. The average Bonchev–Trinajstić information content (AvgIpc) is 2.31. The first-order valence-electron chi connectivity index (χ1n) is 6.77. The first kappa shape index (κ1) is 14.9. The van der Waals surface area contributed by atoms with Gasteiger partial charge in [-0.1, -0.05) is 19.9 Å². The third-order valence-corrected chi connectivity index (χ3v) is 2.94. The summed E-state index contributed by atoms with van der Waals surface area (Å²) >= 11 is 0. The van der Waals surface area contributed by atoms with E-state index in [2.05, 4.69) is 23.7 Å². The summed E-state index contributed by atoms with van der Waals surface area (Å²) in [5.74, 6) is 0.782. The fraction of sp³-hybridized carbons (Fsp3) is 0.714. The Labute approximate surface area is 110 Å². The molecular formula is C14H25N3O. The fourth-order valence-electron chi connectivity index (χ4n) is 2.15. The molecule has 0 radical (unpaired) electrons. The van der Waals surface area contributed by atoms with Crippen LogP contribution in [0.25, 0.3) is 0 Å². The van der Waals surface area contributed by atoms with Gasteiger partial charge in [0.1, 0.15) is 0 Å². The predicted octanol–water partition coefficient (Wildman–Crippen LogP) is 1.78. The van der Waals surface area contributed by atoms with Gasteiger partial charge < -0.3 is 4.90 Å². The minimum absolute atomic E-state index is 0.178. The normalized spacial score (nSPS) is 19.3. The molecule has 0 aromatic rings. The van der Waals surface area contributed by atoms with Crippen molar-refractivity contribution in [2.75, 3.05) is 32.7 Å². The lowest BCUT2D eigenvalue weighted by Gasteiger charge is -2.35. The van der Waals surface area contributed by atoms with Gasteiger partial charge in [-0.2, -0.15) is 0 Å². The molecule has 0 aliphatic carbocycles. The number of hydrogen-bond donors (Lipinski definition) is 0. The van der Waals surface area contributed by atoms with E-state index in [4.69, 9.17) is 0 Å². The summed E-state index contributed by atoms with van der Waals surface area (Å²) in [6.07, 6.45) is 3.76. The van der Waals surface area contributed by atoms with Crippen molar-refractivity contribution in [3.8, 4) is 0 Å². The number of carbonyl (C=O) groups excluding carboxylic acids is 1. The van der Waals surface area contributed by atoms with Crippen LogP contribution >= 0.6 is 0 Å². The molecule has 1 fully saturated rings. The Kier molecular flexibility index (Phi) is 6.05. The van der Waals surface area contributed by atoms with Crippen molar-refractivity contribution >= 4 is 12.1 Å². The summed E-state index contributed by atoms with van der Waals surface area (Å²) in [6.45, 7) is 12.3. The molecule has 0 saturated carbocycles. The number of allylic oxidation sites excluding steroid dienone is 2. The number of carbonyl (C=O) groups is 1. The molecule has 1 rings (SSSR count). The van der Waals surface area contributed by atoms with Crippen LogP contribution in [0.5, 0.6) is 0 Å². The second kappa shape index (κ2) is 7.31. The molecule has 0 bridgehead atoms. The van der Waals surface area contributed by atoms with Crippen molar-refractivity contribution in [1.82, 2.24) is 9.80 Å². The molecule has 102 valence electrons. The van der Waals surface area contributed by atoms with E-state index < -0.39 is 0 Å². The number of nitrogens with zero attached hydrogens (tertiary/aromatic N) is 3. The van der Waals surface area contributed by atoms with Crippen molar-refractivity contribution in [2.24, 2.45) is 10.9 Å². The maximum absolute atomic E-state index is 12.1. The van der Waals surface area contributed by atoms with Crippen molar-refractivity contribution in [3.05, 3.63) is 11.8 Å². The van der Waals surface area contributed by atoms with Crippen molar-refractivity contribution in [3.63, 3.8) is 0 Å². The van der Waals surface area contributed by atoms with Crippen LogP contribution in [0.2, 0.25) is 0 Å². The van der Waals surface area contributed by atoms with Crippen LogP contribution in [0, 0.1) is 5.92 Å². The number of piperazine rings is 1. The second-order valence-corrected chi connectivity index (χ2v) is 5.02. The molecule has 4 heteroatoms. The van der Waals surface area contributed by atoms with E-state index in [0.717, 1.165) is 31.9 Å². The SMILES string of the molecule is C/C=C(\C=NCC)N1CCN(CC(C)C)CC1=O. The number of rotatable bonds is 5. The lowest BCUT2D eigenvalue weighted by molar-refractivity contribution is -0.133. The van der Waals surface area contributed by atoms with Crippen LogP contribution in [0.4, 0.5) is 0 Å². The zero-order valence-corrected chi connectivity index (χ0v) is 12.0. The third-order valence-electron chi connectivity index (χ3n) is 2.94.